The number of hydrogen-bond acceptors (Lipinski definition) is 4. The molecule has 0 aliphatic carbocycles. The Morgan fingerprint density at radius 3 is 2.54 bits per heavy atom. The lowest BCUT2D eigenvalue weighted by molar-refractivity contribution is -0.139. The lowest BCUT2D eigenvalue weighted by Gasteiger charge is -2.39. The summed E-state index contributed by atoms with van der Waals surface area (Å²) in [4.78, 5) is 33.4. The molecule has 0 saturated carbocycles. The van der Waals surface area contributed by atoms with Crippen LogP contribution in [0.1, 0.15) is 68.6 Å². The number of hydrogen-bond donors (Lipinski definition) is 0. The summed E-state index contributed by atoms with van der Waals surface area (Å²) < 4.78 is 0. The number of thiazole rings is 1. The summed E-state index contributed by atoms with van der Waals surface area (Å²) >= 11 is 1.66. The van der Waals surface area contributed by atoms with Gasteiger partial charge >= 0.3 is 0 Å². The molecule has 24 heavy (non-hydrogen) atoms. The van der Waals surface area contributed by atoms with Gasteiger partial charge in [-0.15, -0.1) is 11.3 Å². The minimum absolute atomic E-state index is 0.0735. The van der Waals surface area contributed by atoms with Gasteiger partial charge in [-0.05, 0) is 45.4 Å². The van der Waals surface area contributed by atoms with E-state index in [9.17, 15) is 9.59 Å². The quantitative estimate of drug-likeness (QED) is 0.841. The Balaban J connectivity index is 1.70. The van der Waals surface area contributed by atoms with Crippen molar-refractivity contribution in [3.63, 3.8) is 0 Å². The molecule has 0 radical (unpaired) electrons. The second kappa shape index (κ2) is 7.64. The monoisotopic (exact) mass is 349 g/mol. The Hall–Kier alpha value is -1.43. The summed E-state index contributed by atoms with van der Waals surface area (Å²) in [5.74, 6) is 0.281. The number of nitrogens with zero attached hydrogens (tertiary/aromatic N) is 3. The molecule has 2 fully saturated rings. The highest BCUT2D eigenvalue weighted by Gasteiger charge is 2.33. The van der Waals surface area contributed by atoms with Crippen molar-refractivity contribution in [2.45, 2.75) is 70.9 Å². The van der Waals surface area contributed by atoms with Crippen molar-refractivity contribution < 1.29 is 9.59 Å². The van der Waals surface area contributed by atoms with Gasteiger partial charge in [0.25, 0.3) is 0 Å². The lowest BCUT2D eigenvalue weighted by Crippen LogP contribution is -2.47. The fourth-order valence-electron chi connectivity index (χ4n) is 3.96. The van der Waals surface area contributed by atoms with Crippen LogP contribution in [0.15, 0.2) is 5.38 Å². The maximum Gasteiger partial charge on any atom is 0.225 e. The van der Waals surface area contributed by atoms with E-state index in [2.05, 4.69) is 10.4 Å². The number of amides is 2. The Morgan fingerprint density at radius 2 is 1.88 bits per heavy atom. The van der Waals surface area contributed by atoms with E-state index in [-0.39, 0.29) is 23.9 Å². The molecule has 2 atom stereocenters. The molecule has 3 rings (SSSR count). The van der Waals surface area contributed by atoms with Crippen molar-refractivity contribution in [1.29, 1.82) is 0 Å². The van der Waals surface area contributed by atoms with Gasteiger partial charge in [0, 0.05) is 43.5 Å². The normalized spacial score (nSPS) is 24.9. The van der Waals surface area contributed by atoms with Crippen LogP contribution in [0.5, 0.6) is 0 Å². The van der Waals surface area contributed by atoms with Crippen molar-refractivity contribution in [2.75, 3.05) is 13.1 Å². The molecule has 132 valence electrons. The van der Waals surface area contributed by atoms with Crippen molar-refractivity contribution >= 4 is 23.2 Å². The predicted octanol–water partition coefficient (Wildman–Crippen LogP) is 3.30. The average molecular weight is 350 g/mol. The number of aryl methyl sites for hydroxylation is 1. The summed E-state index contributed by atoms with van der Waals surface area (Å²) in [6.07, 6.45) is 6.77. The lowest BCUT2D eigenvalue weighted by atomic mass is 9.96. The molecule has 0 spiro atoms. The molecule has 0 unspecified atom stereocenters. The predicted molar refractivity (Wildman–Crippen MR) is 94.8 cm³/mol. The van der Waals surface area contributed by atoms with Crippen molar-refractivity contribution in [3.05, 3.63) is 16.1 Å². The van der Waals surface area contributed by atoms with Gasteiger partial charge in [-0.1, -0.05) is 0 Å². The molecule has 0 aromatic carbocycles. The van der Waals surface area contributed by atoms with E-state index >= 15 is 0 Å². The summed E-state index contributed by atoms with van der Waals surface area (Å²) in [5.41, 5.74) is 1.03. The number of carbonyl (C=O) groups excluding carboxylic acids is 2. The van der Waals surface area contributed by atoms with Crippen LogP contribution in [-0.2, 0) is 9.59 Å². The summed E-state index contributed by atoms with van der Waals surface area (Å²) in [5, 5.41) is 3.12. The maximum atomic E-state index is 13.0. The van der Waals surface area contributed by atoms with Crippen LogP contribution < -0.4 is 0 Å². The highest BCUT2D eigenvalue weighted by molar-refractivity contribution is 7.09. The second-order valence-electron chi connectivity index (χ2n) is 6.99. The van der Waals surface area contributed by atoms with E-state index in [1.165, 1.54) is 0 Å². The Bertz CT molecular complexity index is 601. The minimum Gasteiger partial charge on any atom is -0.339 e. The van der Waals surface area contributed by atoms with E-state index in [1.807, 2.05) is 16.7 Å². The topological polar surface area (TPSA) is 53.5 Å². The third kappa shape index (κ3) is 3.79. The number of rotatable bonds is 3. The van der Waals surface area contributed by atoms with Gasteiger partial charge < -0.3 is 9.80 Å². The first-order valence-electron chi connectivity index (χ1n) is 9.05. The van der Waals surface area contributed by atoms with E-state index in [1.54, 1.807) is 18.3 Å². The average Bonchev–Trinajstić information content (AvgIpc) is 3.01. The third-order valence-electron chi connectivity index (χ3n) is 5.19. The molecule has 2 amide bonds. The molecule has 0 bridgehead atoms. The first kappa shape index (κ1) is 17.4. The number of aromatic nitrogens is 1. The van der Waals surface area contributed by atoms with Gasteiger partial charge in [0.15, 0.2) is 0 Å². The van der Waals surface area contributed by atoms with E-state index in [4.69, 9.17) is 0 Å². The standard InChI is InChI=1S/C18H27N3O2S/c1-13-12-24-18(19-13)16-8-4-6-10-21(16)17(23)11-15-7-3-5-9-20(15)14(2)22/h12,15-16H,3-11H2,1-2H3/t15-,16+/m1/s1. The Labute approximate surface area is 148 Å². The molecule has 1 aromatic rings. The smallest absolute Gasteiger partial charge is 0.225 e. The molecule has 1 aromatic heterocycles. The van der Waals surface area contributed by atoms with Crippen LogP contribution >= 0.6 is 11.3 Å². The van der Waals surface area contributed by atoms with Crippen molar-refractivity contribution in [3.8, 4) is 0 Å². The molecule has 2 aliphatic heterocycles. The van der Waals surface area contributed by atoms with Crippen LogP contribution in [0.2, 0.25) is 0 Å². The summed E-state index contributed by atoms with van der Waals surface area (Å²) in [6.45, 7) is 5.23. The Kier molecular flexibility index (Phi) is 5.54. The number of piperidine rings is 2. The van der Waals surface area contributed by atoms with E-state index in [0.717, 1.165) is 62.3 Å². The zero-order chi connectivity index (χ0) is 17.1. The van der Waals surface area contributed by atoms with Crippen LogP contribution in [0.25, 0.3) is 0 Å². The molecular formula is C18H27N3O2S. The zero-order valence-electron chi connectivity index (χ0n) is 14.7. The van der Waals surface area contributed by atoms with Crippen LogP contribution in [-0.4, -0.2) is 45.7 Å². The van der Waals surface area contributed by atoms with E-state index in [0.29, 0.717) is 6.42 Å². The number of carbonyl (C=O) groups is 2. The highest BCUT2D eigenvalue weighted by atomic mass is 32.1. The first-order chi connectivity index (χ1) is 11.6. The molecule has 2 aliphatic rings. The third-order valence-corrected chi connectivity index (χ3v) is 6.25. The highest BCUT2D eigenvalue weighted by Crippen LogP contribution is 2.34. The first-order valence-corrected chi connectivity index (χ1v) is 9.93. The second-order valence-corrected chi connectivity index (χ2v) is 7.88. The van der Waals surface area contributed by atoms with Crippen molar-refractivity contribution in [1.82, 2.24) is 14.8 Å². The van der Waals surface area contributed by atoms with Crippen LogP contribution in [0, 0.1) is 6.92 Å². The molecular weight excluding hydrogens is 322 g/mol. The molecule has 5 nitrogen and oxygen atoms in total. The fraction of sp³-hybridized carbons (Fsp3) is 0.722. The van der Waals surface area contributed by atoms with Gasteiger partial charge in [0.2, 0.25) is 11.8 Å². The Morgan fingerprint density at radius 1 is 1.17 bits per heavy atom. The van der Waals surface area contributed by atoms with Crippen molar-refractivity contribution in [2.24, 2.45) is 0 Å². The van der Waals surface area contributed by atoms with Crippen LogP contribution in [0.4, 0.5) is 0 Å². The molecule has 2 saturated heterocycles. The molecule has 6 heteroatoms. The zero-order valence-corrected chi connectivity index (χ0v) is 15.5. The van der Waals surface area contributed by atoms with E-state index < -0.39 is 0 Å². The van der Waals surface area contributed by atoms with Gasteiger partial charge in [-0.2, -0.15) is 0 Å². The molecule has 3 heterocycles. The fourth-order valence-corrected chi connectivity index (χ4v) is 4.90. The number of likely N-dealkylation sites (tertiary alicyclic amines) is 2. The largest absolute Gasteiger partial charge is 0.339 e. The maximum absolute atomic E-state index is 13.0. The van der Waals surface area contributed by atoms with Gasteiger partial charge in [-0.25, -0.2) is 4.98 Å². The van der Waals surface area contributed by atoms with Gasteiger partial charge in [-0.3, -0.25) is 9.59 Å². The van der Waals surface area contributed by atoms with Crippen LogP contribution in [0.3, 0.4) is 0 Å². The minimum atomic E-state index is 0.0735. The molecule has 0 N–H and O–H groups in total. The summed E-state index contributed by atoms with van der Waals surface area (Å²) in [6, 6.07) is 0.198. The van der Waals surface area contributed by atoms with Gasteiger partial charge in [0.1, 0.15) is 5.01 Å². The van der Waals surface area contributed by atoms with Gasteiger partial charge in [0.05, 0.1) is 6.04 Å². The SMILES string of the molecule is CC(=O)N1CCCC[C@@H]1CC(=O)N1CCCC[C@H]1c1nc(C)cs1. The summed E-state index contributed by atoms with van der Waals surface area (Å²) in [7, 11) is 0.